The Bertz CT molecular complexity index is 586. The average molecular weight is 353 g/mol. The predicted octanol–water partition coefficient (Wildman–Crippen LogP) is 1.86. The van der Waals surface area contributed by atoms with E-state index in [9.17, 15) is 4.79 Å². The zero-order valence-corrected chi connectivity index (χ0v) is 15.7. The molecule has 0 aromatic carbocycles. The molecule has 1 aromatic heterocycles. The quantitative estimate of drug-likeness (QED) is 0.662. The average Bonchev–Trinajstić information content (AvgIpc) is 2.91. The van der Waals surface area contributed by atoms with Gasteiger partial charge < -0.3 is 20.3 Å². The van der Waals surface area contributed by atoms with E-state index in [1.54, 1.807) is 16.2 Å². The molecule has 8 heteroatoms. The highest BCUT2D eigenvalue weighted by Gasteiger charge is 2.26. The summed E-state index contributed by atoms with van der Waals surface area (Å²) in [5.74, 6) is 0.534. The number of carbonyl (C=O) groups excluding carboxylic acids is 1. The highest BCUT2D eigenvalue weighted by atomic mass is 32.1. The summed E-state index contributed by atoms with van der Waals surface area (Å²) in [6, 6.07) is 0. The van der Waals surface area contributed by atoms with E-state index >= 15 is 0 Å². The van der Waals surface area contributed by atoms with Gasteiger partial charge in [-0.05, 0) is 27.7 Å². The van der Waals surface area contributed by atoms with Crippen LogP contribution in [0.5, 0.6) is 0 Å². The van der Waals surface area contributed by atoms with Crippen molar-refractivity contribution >= 4 is 23.4 Å². The second-order valence-electron chi connectivity index (χ2n) is 6.81. The Labute approximate surface area is 147 Å². The van der Waals surface area contributed by atoms with E-state index in [-0.39, 0.29) is 6.09 Å². The lowest BCUT2D eigenvalue weighted by atomic mass is 10.2. The first-order chi connectivity index (χ1) is 11.2. The summed E-state index contributed by atoms with van der Waals surface area (Å²) >= 11 is 1.69. The van der Waals surface area contributed by atoms with Crippen molar-refractivity contribution in [2.75, 3.05) is 32.7 Å². The van der Waals surface area contributed by atoms with E-state index in [1.807, 2.05) is 38.8 Å². The van der Waals surface area contributed by atoms with Crippen LogP contribution < -0.4 is 5.73 Å². The van der Waals surface area contributed by atoms with Crippen LogP contribution in [0, 0.1) is 6.92 Å². The van der Waals surface area contributed by atoms with Crippen LogP contribution in [-0.2, 0) is 11.2 Å². The maximum atomic E-state index is 12.0. The Morgan fingerprint density at radius 1 is 1.33 bits per heavy atom. The van der Waals surface area contributed by atoms with Crippen LogP contribution >= 0.6 is 11.3 Å². The Morgan fingerprint density at radius 2 is 1.96 bits per heavy atom. The molecular weight excluding hydrogens is 326 g/mol. The minimum atomic E-state index is -0.469. The summed E-state index contributed by atoms with van der Waals surface area (Å²) in [5.41, 5.74) is 5.60. The van der Waals surface area contributed by atoms with Crippen LogP contribution in [0.3, 0.4) is 0 Å². The van der Waals surface area contributed by atoms with E-state index < -0.39 is 5.60 Å². The van der Waals surface area contributed by atoms with Crippen LogP contribution in [0.25, 0.3) is 0 Å². The number of piperazine rings is 1. The number of amides is 1. The van der Waals surface area contributed by atoms with E-state index in [4.69, 9.17) is 10.5 Å². The molecule has 24 heavy (non-hydrogen) atoms. The van der Waals surface area contributed by atoms with Crippen molar-refractivity contribution in [3.05, 3.63) is 16.1 Å². The third kappa shape index (κ3) is 5.67. The van der Waals surface area contributed by atoms with Gasteiger partial charge in [-0.15, -0.1) is 11.3 Å². The fraction of sp³-hybridized carbons (Fsp3) is 0.688. The molecule has 0 aliphatic carbocycles. The number of aliphatic imine (C=N–C) groups is 1. The van der Waals surface area contributed by atoms with E-state index in [0.717, 1.165) is 11.4 Å². The molecule has 1 amide bonds. The largest absolute Gasteiger partial charge is 0.444 e. The molecule has 0 unspecified atom stereocenters. The van der Waals surface area contributed by atoms with Gasteiger partial charge in [0.15, 0.2) is 5.96 Å². The lowest BCUT2D eigenvalue weighted by molar-refractivity contribution is 0.0186. The van der Waals surface area contributed by atoms with Gasteiger partial charge in [-0.25, -0.2) is 9.78 Å². The second-order valence-corrected chi connectivity index (χ2v) is 8.13. The van der Waals surface area contributed by atoms with Crippen molar-refractivity contribution in [3.8, 4) is 0 Å². The minimum absolute atomic E-state index is 0.267. The Balaban J connectivity index is 1.76. The molecular formula is C16H27N5O2S. The molecule has 0 radical (unpaired) electrons. The molecule has 1 saturated heterocycles. The Kier molecular flexibility index (Phi) is 6.04. The fourth-order valence-corrected chi connectivity index (χ4v) is 3.10. The number of carbonyl (C=O) groups is 1. The first-order valence-electron chi connectivity index (χ1n) is 8.19. The first-order valence-corrected chi connectivity index (χ1v) is 9.00. The molecule has 7 nitrogen and oxygen atoms in total. The van der Waals surface area contributed by atoms with Gasteiger partial charge in [0, 0.05) is 50.2 Å². The monoisotopic (exact) mass is 353 g/mol. The number of nitrogens with zero attached hydrogens (tertiary/aromatic N) is 4. The molecule has 0 atom stereocenters. The SMILES string of the molecule is Cc1cnc(CCN=C(N)N2CCN(C(=O)OC(C)(C)C)CC2)s1. The van der Waals surface area contributed by atoms with Gasteiger partial charge >= 0.3 is 6.09 Å². The number of hydrogen-bond donors (Lipinski definition) is 1. The summed E-state index contributed by atoms with van der Waals surface area (Å²) in [7, 11) is 0. The predicted molar refractivity (Wildman–Crippen MR) is 96.4 cm³/mol. The number of rotatable bonds is 3. The van der Waals surface area contributed by atoms with Gasteiger partial charge in [-0.1, -0.05) is 0 Å². The number of aromatic nitrogens is 1. The number of aryl methyl sites for hydroxylation is 1. The maximum absolute atomic E-state index is 12.0. The lowest BCUT2D eigenvalue weighted by Crippen LogP contribution is -2.53. The van der Waals surface area contributed by atoms with Crippen LogP contribution in [0.2, 0.25) is 0 Å². The third-order valence-electron chi connectivity index (χ3n) is 3.52. The highest BCUT2D eigenvalue weighted by Crippen LogP contribution is 2.13. The Hall–Kier alpha value is -1.83. The molecule has 1 fully saturated rings. The molecule has 0 spiro atoms. The third-order valence-corrected chi connectivity index (χ3v) is 4.50. The molecule has 2 N–H and O–H groups in total. The van der Waals surface area contributed by atoms with Crippen molar-refractivity contribution in [1.29, 1.82) is 0 Å². The summed E-state index contributed by atoms with van der Waals surface area (Å²) in [6.07, 6.45) is 2.41. The normalized spacial score (nSPS) is 16.4. The van der Waals surface area contributed by atoms with Crippen LogP contribution in [0.1, 0.15) is 30.7 Å². The first kappa shape index (κ1) is 18.5. The minimum Gasteiger partial charge on any atom is -0.444 e. The lowest BCUT2D eigenvalue weighted by Gasteiger charge is -2.36. The van der Waals surface area contributed by atoms with Crippen molar-refractivity contribution in [3.63, 3.8) is 0 Å². The maximum Gasteiger partial charge on any atom is 0.410 e. The Morgan fingerprint density at radius 3 is 2.50 bits per heavy atom. The summed E-state index contributed by atoms with van der Waals surface area (Å²) in [5, 5.41) is 1.08. The van der Waals surface area contributed by atoms with Crippen LogP contribution in [0.15, 0.2) is 11.2 Å². The van der Waals surface area contributed by atoms with Crippen LogP contribution in [0.4, 0.5) is 4.79 Å². The van der Waals surface area contributed by atoms with Crippen LogP contribution in [-0.4, -0.2) is 65.2 Å². The second kappa shape index (κ2) is 7.83. The van der Waals surface area contributed by atoms with Gasteiger partial charge in [0.2, 0.25) is 0 Å². The van der Waals surface area contributed by atoms with Gasteiger partial charge in [0.05, 0.1) is 5.01 Å². The number of ether oxygens (including phenoxy) is 1. The molecule has 0 bridgehead atoms. The fourth-order valence-electron chi connectivity index (χ4n) is 2.33. The molecule has 134 valence electrons. The zero-order chi connectivity index (χ0) is 17.7. The smallest absolute Gasteiger partial charge is 0.410 e. The molecule has 2 heterocycles. The topological polar surface area (TPSA) is 84.0 Å². The van der Waals surface area contributed by atoms with Crippen molar-refractivity contribution in [2.45, 2.75) is 39.7 Å². The van der Waals surface area contributed by atoms with Gasteiger partial charge in [0.25, 0.3) is 0 Å². The highest BCUT2D eigenvalue weighted by molar-refractivity contribution is 7.11. The summed E-state index contributed by atoms with van der Waals surface area (Å²) in [4.78, 5) is 25.7. The molecule has 2 rings (SSSR count). The van der Waals surface area contributed by atoms with Crippen molar-refractivity contribution in [2.24, 2.45) is 10.7 Å². The summed E-state index contributed by atoms with van der Waals surface area (Å²) < 4.78 is 5.39. The molecule has 1 aromatic rings. The van der Waals surface area contributed by atoms with E-state index in [0.29, 0.717) is 38.7 Å². The standard InChI is InChI=1S/C16H27N5O2S/c1-12-11-19-13(24-12)5-6-18-14(17)20-7-9-21(10-8-20)15(22)23-16(2,3)4/h11H,5-10H2,1-4H3,(H2,17,18). The van der Waals surface area contributed by atoms with E-state index in [1.165, 1.54) is 4.88 Å². The van der Waals surface area contributed by atoms with E-state index in [2.05, 4.69) is 9.98 Å². The van der Waals surface area contributed by atoms with Crippen molar-refractivity contribution in [1.82, 2.24) is 14.8 Å². The number of nitrogens with two attached hydrogens (primary N) is 1. The van der Waals surface area contributed by atoms with Crippen molar-refractivity contribution < 1.29 is 9.53 Å². The van der Waals surface area contributed by atoms with Gasteiger partial charge in [-0.2, -0.15) is 0 Å². The molecule has 1 aliphatic rings. The molecule has 1 aliphatic heterocycles. The zero-order valence-electron chi connectivity index (χ0n) is 14.9. The van der Waals surface area contributed by atoms with Gasteiger partial charge in [0.1, 0.15) is 5.60 Å². The number of thiazole rings is 1. The number of guanidine groups is 1. The molecule has 0 saturated carbocycles. The van der Waals surface area contributed by atoms with Gasteiger partial charge in [-0.3, -0.25) is 4.99 Å². The summed E-state index contributed by atoms with van der Waals surface area (Å²) in [6.45, 7) is 10.8. The number of hydrogen-bond acceptors (Lipinski definition) is 5.